The van der Waals surface area contributed by atoms with Crippen molar-refractivity contribution < 1.29 is 0 Å². The van der Waals surface area contributed by atoms with Crippen LogP contribution in [0, 0.1) is 11.3 Å². The molecule has 0 spiro atoms. The number of nitriles is 1. The van der Waals surface area contributed by atoms with E-state index < -0.39 is 0 Å². The highest BCUT2D eigenvalue weighted by atomic mass is 32.1. The molecule has 0 amide bonds. The van der Waals surface area contributed by atoms with Crippen LogP contribution in [-0.4, -0.2) is 15.2 Å². The number of rotatable bonds is 6. The van der Waals surface area contributed by atoms with Crippen molar-refractivity contribution in [3.8, 4) is 17.3 Å². The molecule has 1 aromatic carbocycles. The average molecular weight is 349 g/mol. The molecule has 3 aromatic rings. The Bertz CT molecular complexity index is 896. The van der Waals surface area contributed by atoms with Crippen LogP contribution in [0.15, 0.2) is 35.7 Å². The molecule has 0 aliphatic rings. The monoisotopic (exact) mass is 349 g/mol. The van der Waals surface area contributed by atoms with Gasteiger partial charge in [0.15, 0.2) is 5.82 Å². The van der Waals surface area contributed by atoms with E-state index >= 15 is 0 Å². The van der Waals surface area contributed by atoms with E-state index in [2.05, 4.69) is 26.6 Å². The van der Waals surface area contributed by atoms with Gasteiger partial charge in [0, 0.05) is 10.9 Å². The summed E-state index contributed by atoms with van der Waals surface area (Å²) >= 11 is 1.59. The maximum Gasteiger partial charge on any atom is 0.167 e. The smallest absolute Gasteiger partial charge is 0.167 e. The van der Waals surface area contributed by atoms with Gasteiger partial charge in [-0.15, -0.1) is 16.4 Å². The van der Waals surface area contributed by atoms with Crippen LogP contribution < -0.4 is 5.32 Å². The topological polar surface area (TPSA) is 74.5 Å². The Balaban J connectivity index is 1.79. The molecule has 0 aliphatic carbocycles. The van der Waals surface area contributed by atoms with Gasteiger partial charge < -0.3 is 5.32 Å². The molecule has 0 unspecified atom stereocenters. The van der Waals surface area contributed by atoms with Gasteiger partial charge in [0.25, 0.3) is 0 Å². The van der Waals surface area contributed by atoms with Gasteiger partial charge >= 0.3 is 0 Å². The Morgan fingerprint density at radius 1 is 1.12 bits per heavy atom. The molecule has 1 N–H and O–H groups in total. The van der Waals surface area contributed by atoms with Crippen LogP contribution in [0.25, 0.3) is 11.3 Å². The van der Waals surface area contributed by atoms with Crippen LogP contribution in [0.4, 0.5) is 5.82 Å². The van der Waals surface area contributed by atoms with Gasteiger partial charge in [-0.25, -0.2) is 4.98 Å². The van der Waals surface area contributed by atoms with Crippen LogP contribution >= 0.6 is 11.3 Å². The van der Waals surface area contributed by atoms with Crippen molar-refractivity contribution in [2.45, 2.75) is 33.2 Å². The van der Waals surface area contributed by atoms with Crippen molar-refractivity contribution in [2.75, 3.05) is 5.32 Å². The molecule has 25 heavy (non-hydrogen) atoms. The number of hydrogen-bond donors (Lipinski definition) is 1. The number of anilines is 1. The van der Waals surface area contributed by atoms with Crippen molar-refractivity contribution in [3.63, 3.8) is 0 Å². The fourth-order valence-corrected chi connectivity index (χ4v) is 3.45. The quantitative estimate of drug-likeness (QED) is 0.721. The Morgan fingerprint density at radius 3 is 2.60 bits per heavy atom. The van der Waals surface area contributed by atoms with Crippen molar-refractivity contribution in [1.82, 2.24) is 15.2 Å². The molecule has 2 heterocycles. The first-order chi connectivity index (χ1) is 12.3. The molecule has 0 radical (unpaired) electrons. The highest BCUT2D eigenvalue weighted by molar-refractivity contribution is 7.09. The minimum absolute atomic E-state index is 0.523. The minimum atomic E-state index is 0.523. The molecule has 5 nitrogen and oxygen atoms in total. The van der Waals surface area contributed by atoms with E-state index in [4.69, 9.17) is 0 Å². The first-order valence-electron chi connectivity index (χ1n) is 8.29. The molecule has 3 rings (SSSR count). The summed E-state index contributed by atoms with van der Waals surface area (Å²) in [5, 5.41) is 24.2. The van der Waals surface area contributed by atoms with Crippen molar-refractivity contribution in [3.05, 3.63) is 57.5 Å². The molecule has 0 aliphatic heterocycles. The maximum absolute atomic E-state index is 9.53. The first-order valence-corrected chi connectivity index (χ1v) is 9.17. The van der Waals surface area contributed by atoms with E-state index in [1.165, 1.54) is 0 Å². The van der Waals surface area contributed by atoms with E-state index in [1.807, 2.05) is 49.6 Å². The predicted molar refractivity (Wildman–Crippen MR) is 100 cm³/mol. The number of nitrogens with zero attached hydrogens (tertiary/aromatic N) is 4. The van der Waals surface area contributed by atoms with E-state index in [-0.39, 0.29) is 0 Å². The third kappa shape index (κ3) is 3.67. The Labute approximate surface area is 151 Å². The van der Waals surface area contributed by atoms with Gasteiger partial charge in [0.1, 0.15) is 16.6 Å². The molecule has 0 saturated carbocycles. The van der Waals surface area contributed by atoms with Gasteiger partial charge in [-0.2, -0.15) is 10.4 Å². The predicted octanol–water partition coefficient (Wildman–Crippen LogP) is 4.21. The van der Waals surface area contributed by atoms with Crippen LogP contribution in [0.5, 0.6) is 0 Å². The van der Waals surface area contributed by atoms with E-state index in [1.54, 1.807) is 11.3 Å². The van der Waals surface area contributed by atoms with E-state index in [9.17, 15) is 5.26 Å². The molecule has 0 fully saturated rings. The number of thiazole rings is 1. The molecule has 2 aromatic heterocycles. The second kappa shape index (κ2) is 7.86. The largest absolute Gasteiger partial charge is 0.361 e. The number of benzene rings is 1. The molecule has 0 atom stereocenters. The van der Waals surface area contributed by atoms with Gasteiger partial charge in [0.2, 0.25) is 0 Å². The molecular weight excluding hydrogens is 330 g/mol. The maximum atomic E-state index is 9.53. The fourth-order valence-electron chi connectivity index (χ4n) is 2.71. The second-order valence-electron chi connectivity index (χ2n) is 5.51. The zero-order valence-corrected chi connectivity index (χ0v) is 15.1. The summed E-state index contributed by atoms with van der Waals surface area (Å²) in [4.78, 5) is 4.65. The Kier molecular flexibility index (Phi) is 5.36. The summed E-state index contributed by atoms with van der Waals surface area (Å²) in [6, 6.07) is 12.4. The van der Waals surface area contributed by atoms with Gasteiger partial charge in [-0.3, -0.25) is 0 Å². The number of hydrogen-bond acceptors (Lipinski definition) is 6. The van der Waals surface area contributed by atoms with Gasteiger partial charge in [0.05, 0.1) is 17.9 Å². The lowest BCUT2D eigenvalue weighted by atomic mass is 10.0. The third-order valence-electron chi connectivity index (χ3n) is 3.99. The standard InChI is InChI=1S/C19H19N5S/c1-3-14-15(10-20)19(24-23-16(14)4-2)21-11-18-22-17(12-25-18)13-8-6-5-7-9-13/h5-9,12H,3-4,11H2,1-2H3,(H,21,24). The molecule has 0 saturated heterocycles. The molecule has 0 bridgehead atoms. The Hall–Kier alpha value is -2.78. The second-order valence-corrected chi connectivity index (χ2v) is 6.46. The van der Waals surface area contributed by atoms with Crippen LogP contribution in [0.2, 0.25) is 0 Å². The van der Waals surface area contributed by atoms with Gasteiger partial charge in [-0.1, -0.05) is 44.2 Å². The highest BCUT2D eigenvalue weighted by Gasteiger charge is 2.14. The lowest BCUT2D eigenvalue weighted by Crippen LogP contribution is -2.09. The summed E-state index contributed by atoms with van der Waals surface area (Å²) in [5.41, 5.74) is 4.53. The summed E-state index contributed by atoms with van der Waals surface area (Å²) in [6.07, 6.45) is 1.55. The lowest BCUT2D eigenvalue weighted by molar-refractivity contribution is 0.868. The lowest BCUT2D eigenvalue weighted by Gasteiger charge is -2.11. The minimum Gasteiger partial charge on any atom is -0.361 e. The van der Waals surface area contributed by atoms with E-state index in [0.29, 0.717) is 17.9 Å². The average Bonchev–Trinajstić information content (AvgIpc) is 3.15. The fraction of sp³-hybridized carbons (Fsp3) is 0.263. The zero-order chi connectivity index (χ0) is 17.6. The molecule has 6 heteroatoms. The van der Waals surface area contributed by atoms with Gasteiger partial charge in [-0.05, 0) is 18.4 Å². The number of nitrogens with one attached hydrogen (secondary N) is 1. The summed E-state index contributed by atoms with van der Waals surface area (Å²) in [6.45, 7) is 4.58. The summed E-state index contributed by atoms with van der Waals surface area (Å²) in [5.74, 6) is 0.535. The summed E-state index contributed by atoms with van der Waals surface area (Å²) < 4.78 is 0. The number of aromatic nitrogens is 3. The van der Waals surface area contributed by atoms with Crippen LogP contribution in [0.3, 0.4) is 0 Å². The van der Waals surface area contributed by atoms with Crippen LogP contribution in [0.1, 0.15) is 35.7 Å². The van der Waals surface area contributed by atoms with Crippen molar-refractivity contribution >= 4 is 17.2 Å². The first kappa shape index (κ1) is 17.1. The summed E-state index contributed by atoms with van der Waals surface area (Å²) in [7, 11) is 0. The highest BCUT2D eigenvalue weighted by Crippen LogP contribution is 2.24. The van der Waals surface area contributed by atoms with Crippen LogP contribution in [-0.2, 0) is 19.4 Å². The van der Waals surface area contributed by atoms with E-state index in [0.717, 1.165) is 40.4 Å². The van der Waals surface area contributed by atoms with Crippen molar-refractivity contribution in [1.29, 1.82) is 5.26 Å². The Morgan fingerprint density at radius 2 is 1.92 bits per heavy atom. The SMILES string of the molecule is CCc1nnc(NCc2nc(-c3ccccc3)cs2)c(C#N)c1CC. The molecule has 126 valence electrons. The van der Waals surface area contributed by atoms with Crippen molar-refractivity contribution in [2.24, 2.45) is 0 Å². The normalized spacial score (nSPS) is 10.4. The zero-order valence-electron chi connectivity index (χ0n) is 14.3. The third-order valence-corrected chi connectivity index (χ3v) is 4.84. The number of aryl methyl sites for hydroxylation is 1. The molecular formula is C19H19N5S.